The highest BCUT2D eigenvalue weighted by Crippen LogP contribution is 2.28. The van der Waals surface area contributed by atoms with Gasteiger partial charge in [-0.3, -0.25) is 9.59 Å². The van der Waals surface area contributed by atoms with Gasteiger partial charge in [-0.25, -0.2) is 0 Å². The summed E-state index contributed by atoms with van der Waals surface area (Å²) in [7, 11) is 3.93. The summed E-state index contributed by atoms with van der Waals surface area (Å²) in [5.41, 5.74) is 3.10. The molecule has 1 N–H and O–H groups in total. The van der Waals surface area contributed by atoms with Gasteiger partial charge in [-0.2, -0.15) is 0 Å². The molecule has 0 aliphatic heterocycles. The minimum Gasteiger partial charge on any atom is -0.377 e. The summed E-state index contributed by atoms with van der Waals surface area (Å²) in [4.78, 5) is 30.7. The van der Waals surface area contributed by atoms with Crippen LogP contribution in [-0.2, 0) is 6.54 Å². The summed E-state index contributed by atoms with van der Waals surface area (Å²) in [6, 6.07) is 16.6. The van der Waals surface area contributed by atoms with E-state index in [9.17, 15) is 9.59 Å². The molecule has 3 rings (SSSR count). The Morgan fingerprint density at radius 2 is 1.76 bits per heavy atom. The normalized spacial score (nSPS) is 11.8. The molecule has 174 valence electrons. The maximum Gasteiger partial charge on any atom is 0.265 e. The average molecular weight is 484 g/mol. The third-order valence-electron chi connectivity index (χ3n) is 5.73. The quantitative estimate of drug-likeness (QED) is 0.403. The van der Waals surface area contributed by atoms with Crippen LogP contribution in [0, 0.1) is 5.92 Å². The first kappa shape index (κ1) is 24.8. The van der Waals surface area contributed by atoms with Gasteiger partial charge in [0.1, 0.15) is 0 Å². The molecule has 0 radical (unpaired) electrons. The smallest absolute Gasteiger partial charge is 0.265 e. The third-order valence-corrected chi connectivity index (χ3v) is 6.92. The predicted molar refractivity (Wildman–Crippen MR) is 139 cm³/mol. The fourth-order valence-corrected chi connectivity index (χ4v) is 4.40. The number of rotatable bonds is 8. The van der Waals surface area contributed by atoms with E-state index in [4.69, 9.17) is 11.6 Å². The summed E-state index contributed by atoms with van der Waals surface area (Å²) < 4.78 is 0. The van der Waals surface area contributed by atoms with Crippen LogP contribution in [-0.4, -0.2) is 36.9 Å². The molecule has 0 unspecified atom stereocenters. The van der Waals surface area contributed by atoms with Crippen molar-refractivity contribution in [1.82, 2.24) is 4.90 Å². The van der Waals surface area contributed by atoms with E-state index in [1.165, 1.54) is 11.3 Å². The van der Waals surface area contributed by atoms with Crippen molar-refractivity contribution in [2.24, 2.45) is 5.92 Å². The lowest BCUT2D eigenvalue weighted by Crippen LogP contribution is -2.41. The Hall–Kier alpha value is -2.83. The van der Waals surface area contributed by atoms with Gasteiger partial charge in [-0.1, -0.05) is 43.6 Å². The number of thiophene rings is 1. The van der Waals surface area contributed by atoms with Crippen LogP contribution in [0.15, 0.2) is 60.0 Å². The number of carbonyl (C=O) groups excluding carboxylic acids is 2. The van der Waals surface area contributed by atoms with Gasteiger partial charge in [0.25, 0.3) is 11.8 Å². The van der Waals surface area contributed by atoms with E-state index in [-0.39, 0.29) is 23.8 Å². The monoisotopic (exact) mass is 483 g/mol. The molecule has 3 aromatic rings. The minimum atomic E-state index is -0.145. The lowest BCUT2D eigenvalue weighted by molar-refractivity contribution is 0.0628. The number of nitrogens with zero attached hydrogens (tertiary/aromatic N) is 2. The Kier molecular flexibility index (Phi) is 8.16. The van der Waals surface area contributed by atoms with Gasteiger partial charge in [0.15, 0.2) is 0 Å². The van der Waals surface area contributed by atoms with E-state index in [0.717, 1.165) is 11.3 Å². The molecule has 0 bridgehead atoms. The van der Waals surface area contributed by atoms with Gasteiger partial charge in [0, 0.05) is 38.1 Å². The van der Waals surface area contributed by atoms with Crippen molar-refractivity contribution < 1.29 is 9.59 Å². The number of halogens is 1. The van der Waals surface area contributed by atoms with Crippen molar-refractivity contribution in [1.29, 1.82) is 0 Å². The minimum absolute atomic E-state index is 0.0202. The largest absolute Gasteiger partial charge is 0.377 e. The first-order valence-corrected chi connectivity index (χ1v) is 12.2. The van der Waals surface area contributed by atoms with Crippen LogP contribution >= 0.6 is 22.9 Å². The van der Waals surface area contributed by atoms with Gasteiger partial charge in [-0.05, 0) is 60.2 Å². The van der Waals surface area contributed by atoms with E-state index in [1.807, 2.05) is 65.7 Å². The van der Waals surface area contributed by atoms with Crippen molar-refractivity contribution in [3.63, 3.8) is 0 Å². The molecule has 5 nitrogen and oxygen atoms in total. The number of carbonyl (C=O) groups is 2. The second-order valence-corrected chi connectivity index (χ2v) is 9.92. The molecule has 7 heteroatoms. The van der Waals surface area contributed by atoms with Crippen LogP contribution in [0.5, 0.6) is 0 Å². The van der Waals surface area contributed by atoms with E-state index >= 15 is 0 Å². The van der Waals surface area contributed by atoms with Crippen molar-refractivity contribution >= 4 is 46.1 Å². The summed E-state index contributed by atoms with van der Waals surface area (Å²) in [6.07, 6.45) is 0. The molecule has 2 aromatic carbocycles. The first-order valence-electron chi connectivity index (χ1n) is 10.9. The zero-order valence-electron chi connectivity index (χ0n) is 19.6. The topological polar surface area (TPSA) is 52.7 Å². The number of benzene rings is 2. The molecule has 1 aromatic heterocycles. The van der Waals surface area contributed by atoms with Crippen LogP contribution in [0.25, 0.3) is 0 Å². The first-order chi connectivity index (χ1) is 15.7. The second kappa shape index (κ2) is 10.9. The molecule has 33 heavy (non-hydrogen) atoms. The lowest BCUT2D eigenvalue weighted by atomic mass is 10.0. The Labute approximate surface area is 205 Å². The molecule has 0 saturated heterocycles. The van der Waals surface area contributed by atoms with Gasteiger partial charge >= 0.3 is 0 Å². The number of hydrogen-bond acceptors (Lipinski definition) is 4. The summed E-state index contributed by atoms with van der Waals surface area (Å²) in [6.45, 7) is 6.64. The summed E-state index contributed by atoms with van der Waals surface area (Å²) >= 11 is 7.76. The summed E-state index contributed by atoms with van der Waals surface area (Å²) in [5.74, 6) is -0.00594. The van der Waals surface area contributed by atoms with Gasteiger partial charge in [0.2, 0.25) is 0 Å². The van der Waals surface area contributed by atoms with E-state index < -0.39 is 0 Å². The fraction of sp³-hybridized carbons (Fsp3) is 0.308. The average Bonchev–Trinajstić information content (AvgIpc) is 3.32. The predicted octanol–water partition coefficient (Wildman–Crippen LogP) is 6.41. The molecule has 0 saturated carbocycles. The highest BCUT2D eigenvalue weighted by Gasteiger charge is 2.26. The van der Waals surface area contributed by atoms with Crippen LogP contribution in [0.4, 0.5) is 11.4 Å². The SMILES string of the molecule is CC(C)[C@H](C)N(Cc1cc(NC(=O)c2cccs2)ccc1N(C)C)C(=O)c1ccccc1Cl. The van der Waals surface area contributed by atoms with E-state index in [2.05, 4.69) is 26.1 Å². The van der Waals surface area contributed by atoms with E-state index in [1.54, 1.807) is 18.2 Å². The lowest BCUT2D eigenvalue weighted by Gasteiger charge is -2.33. The van der Waals surface area contributed by atoms with E-state index in [0.29, 0.717) is 27.7 Å². The Morgan fingerprint density at radius 1 is 1.03 bits per heavy atom. The van der Waals surface area contributed by atoms with Crippen molar-refractivity contribution in [2.45, 2.75) is 33.4 Å². The van der Waals surface area contributed by atoms with Crippen LogP contribution < -0.4 is 10.2 Å². The standard InChI is InChI=1S/C26H30ClN3O2S/c1-17(2)18(3)30(26(32)21-9-6-7-10-22(21)27)16-19-15-20(12-13-23(19)29(4)5)28-25(31)24-11-8-14-33-24/h6-15,17-18H,16H2,1-5H3,(H,28,31)/t18-/m0/s1. The van der Waals surface area contributed by atoms with Crippen molar-refractivity contribution in [2.75, 3.05) is 24.3 Å². The molecule has 1 atom stereocenters. The summed E-state index contributed by atoms with van der Waals surface area (Å²) in [5, 5.41) is 5.29. The van der Waals surface area contributed by atoms with Gasteiger partial charge in [-0.15, -0.1) is 11.3 Å². The molecule has 1 heterocycles. The van der Waals surface area contributed by atoms with Crippen molar-refractivity contribution in [3.05, 3.63) is 81.0 Å². The van der Waals surface area contributed by atoms with Gasteiger partial charge < -0.3 is 15.1 Å². The molecule has 0 fully saturated rings. The zero-order chi connectivity index (χ0) is 24.1. The van der Waals surface area contributed by atoms with Crippen LogP contribution in [0.1, 0.15) is 46.4 Å². The van der Waals surface area contributed by atoms with Crippen LogP contribution in [0.2, 0.25) is 5.02 Å². The van der Waals surface area contributed by atoms with Crippen molar-refractivity contribution in [3.8, 4) is 0 Å². The Morgan fingerprint density at radius 3 is 2.36 bits per heavy atom. The Bertz CT molecular complexity index is 1110. The highest BCUT2D eigenvalue weighted by molar-refractivity contribution is 7.12. The maximum absolute atomic E-state index is 13.6. The van der Waals surface area contributed by atoms with Gasteiger partial charge in [0.05, 0.1) is 15.5 Å². The number of anilines is 2. The molecule has 0 spiro atoms. The molecule has 2 amide bonds. The second-order valence-electron chi connectivity index (χ2n) is 8.57. The third kappa shape index (κ3) is 5.95. The fourth-order valence-electron chi connectivity index (χ4n) is 3.56. The van der Waals surface area contributed by atoms with Crippen LogP contribution in [0.3, 0.4) is 0 Å². The molecule has 0 aliphatic carbocycles. The molecular formula is C26H30ClN3O2S. The maximum atomic E-state index is 13.6. The molecular weight excluding hydrogens is 454 g/mol. The highest BCUT2D eigenvalue weighted by atomic mass is 35.5. The Balaban J connectivity index is 1.97. The molecule has 0 aliphatic rings. The number of nitrogens with one attached hydrogen (secondary N) is 1. The number of hydrogen-bond donors (Lipinski definition) is 1. The number of amides is 2. The zero-order valence-corrected chi connectivity index (χ0v) is 21.2.